The maximum atomic E-state index is 5.85. The molecule has 2 fully saturated rings. The van der Waals surface area contributed by atoms with Gasteiger partial charge in [0.15, 0.2) is 5.13 Å². The van der Waals surface area contributed by atoms with Crippen LogP contribution in [0.5, 0.6) is 0 Å². The molecule has 0 radical (unpaired) electrons. The second kappa shape index (κ2) is 4.79. The molecule has 18 heavy (non-hydrogen) atoms. The van der Waals surface area contributed by atoms with Gasteiger partial charge in [-0.05, 0) is 26.8 Å². The first-order chi connectivity index (χ1) is 8.69. The summed E-state index contributed by atoms with van der Waals surface area (Å²) in [6.07, 6.45) is 2.60. The summed E-state index contributed by atoms with van der Waals surface area (Å²) >= 11 is 1.81. The average Bonchev–Trinajstić information content (AvgIpc) is 3.12. The van der Waals surface area contributed by atoms with Crippen LogP contribution >= 0.6 is 11.3 Å². The van der Waals surface area contributed by atoms with Crippen LogP contribution in [0.2, 0.25) is 0 Å². The molecule has 1 saturated carbocycles. The lowest BCUT2D eigenvalue weighted by Gasteiger charge is -2.37. The number of anilines is 1. The Kier molecular flexibility index (Phi) is 3.30. The molecular formula is C13H22N4S. The van der Waals surface area contributed by atoms with Gasteiger partial charge in [0.2, 0.25) is 0 Å². The largest absolute Gasteiger partial charge is 0.345 e. The van der Waals surface area contributed by atoms with Crippen molar-refractivity contribution in [1.29, 1.82) is 0 Å². The lowest BCUT2D eigenvalue weighted by Crippen LogP contribution is -2.50. The third-order valence-electron chi connectivity index (χ3n) is 4.10. The number of rotatable bonds is 3. The highest BCUT2D eigenvalue weighted by Gasteiger charge is 2.31. The second-order valence-electron chi connectivity index (χ2n) is 5.56. The SMILES string of the molecule is CC1CN(c2nc(C3CC3)c(CN)s2)CCN1C. The van der Waals surface area contributed by atoms with Crippen molar-refractivity contribution in [2.45, 2.75) is 38.3 Å². The number of nitrogens with two attached hydrogens (primary N) is 1. The molecule has 1 saturated heterocycles. The average molecular weight is 266 g/mol. The van der Waals surface area contributed by atoms with Crippen LogP contribution in [0.1, 0.15) is 36.3 Å². The molecule has 1 aliphatic heterocycles. The summed E-state index contributed by atoms with van der Waals surface area (Å²) in [6.45, 7) is 6.22. The Hall–Kier alpha value is -0.650. The zero-order chi connectivity index (χ0) is 12.7. The Balaban J connectivity index is 1.79. The molecule has 2 N–H and O–H groups in total. The van der Waals surface area contributed by atoms with Crippen LogP contribution in [0.4, 0.5) is 5.13 Å². The molecule has 5 heteroatoms. The highest BCUT2D eigenvalue weighted by molar-refractivity contribution is 7.15. The first-order valence-corrected chi connectivity index (χ1v) is 7.65. The smallest absolute Gasteiger partial charge is 0.185 e. The molecule has 3 rings (SSSR count). The minimum absolute atomic E-state index is 0.605. The molecule has 1 unspecified atom stereocenters. The minimum Gasteiger partial charge on any atom is -0.345 e. The van der Waals surface area contributed by atoms with E-state index in [9.17, 15) is 0 Å². The van der Waals surface area contributed by atoms with Gasteiger partial charge >= 0.3 is 0 Å². The van der Waals surface area contributed by atoms with Crippen molar-refractivity contribution >= 4 is 16.5 Å². The molecule has 1 aliphatic carbocycles. The van der Waals surface area contributed by atoms with Crippen LogP contribution in [0.3, 0.4) is 0 Å². The monoisotopic (exact) mass is 266 g/mol. The van der Waals surface area contributed by atoms with E-state index in [-0.39, 0.29) is 0 Å². The van der Waals surface area contributed by atoms with Crippen molar-refractivity contribution in [2.24, 2.45) is 5.73 Å². The van der Waals surface area contributed by atoms with Gasteiger partial charge in [-0.3, -0.25) is 0 Å². The van der Waals surface area contributed by atoms with Gasteiger partial charge in [-0.15, -0.1) is 11.3 Å². The van der Waals surface area contributed by atoms with E-state index in [0.717, 1.165) is 19.6 Å². The third kappa shape index (κ3) is 2.27. The summed E-state index contributed by atoms with van der Waals surface area (Å²) < 4.78 is 0. The Bertz CT molecular complexity index is 427. The molecule has 100 valence electrons. The van der Waals surface area contributed by atoms with E-state index in [0.29, 0.717) is 18.5 Å². The van der Waals surface area contributed by atoms with Crippen LogP contribution in [0.15, 0.2) is 0 Å². The number of thiazole rings is 1. The number of nitrogens with zero attached hydrogens (tertiary/aromatic N) is 3. The Morgan fingerprint density at radius 2 is 2.17 bits per heavy atom. The summed E-state index contributed by atoms with van der Waals surface area (Å²) in [7, 11) is 2.20. The zero-order valence-corrected chi connectivity index (χ0v) is 12.0. The van der Waals surface area contributed by atoms with E-state index in [4.69, 9.17) is 10.7 Å². The van der Waals surface area contributed by atoms with Crippen molar-refractivity contribution in [3.8, 4) is 0 Å². The summed E-state index contributed by atoms with van der Waals surface area (Å²) in [5, 5.41) is 1.19. The molecule has 1 atom stereocenters. The van der Waals surface area contributed by atoms with Gasteiger partial charge in [-0.1, -0.05) is 0 Å². The zero-order valence-electron chi connectivity index (χ0n) is 11.2. The summed E-state index contributed by atoms with van der Waals surface area (Å²) in [4.78, 5) is 11.0. The second-order valence-corrected chi connectivity index (χ2v) is 6.62. The van der Waals surface area contributed by atoms with E-state index >= 15 is 0 Å². The van der Waals surface area contributed by atoms with Crippen molar-refractivity contribution in [2.75, 3.05) is 31.6 Å². The van der Waals surface area contributed by atoms with Gasteiger partial charge in [0.1, 0.15) is 0 Å². The van der Waals surface area contributed by atoms with Gasteiger partial charge in [0, 0.05) is 43.0 Å². The normalized spacial score (nSPS) is 25.7. The standard InChI is InChI=1S/C13H22N4S/c1-9-8-17(6-5-16(9)2)13-15-12(10-3-4-10)11(7-14)18-13/h9-10H,3-8,14H2,1-2H3. The van der Waals surface area contributed by atoms with Gasteiger partial charge in [0.25, 0.3) is 0 Å². The molecule has 1 aromatic heterocycles. The van der Waals surface area contributed by atoms with Crippen LogP contribution < -0.4 is 10.6 Å². The van der Waals surface area contributed by atoms with E-state index in [1.807, 2.05) is 11.3 Å². The maximum Gasteiger partial charge on any atom is 0.185 e. The number of piperazine rings is 1. The molecular weight excluding hydrogens is 244 g/mol. The first-order valence-electron chi connectivity index (χ1n) is 6.84. The molecule has 0 aromatic carbocycles. The van der Waals surface area contributed by atoms with E-state index in [2.05, 4.69) is 23.8 Å². The highest BCUT2D eigenvalue weighted by Crippen LogP contribution is 2.44. The van der Waals surface area contributed by atoms with Crippen LogP contribution in [0.25, 0.3) is 0 Å². The fraction of sp³-hybridized carbons (Fsp3) is 0.769. The molecule has 2 aliphatic rings. The maximum absolute atomic E-state index is 5.85. The Labute approximate surface area is 113 Å². The number of hydrogen-bond donors (Lipinski definition) is 1. The summed E-state index contributed by atoms with van der Waals surface area (Å²) in [5.74, 6) is 0.707. The Morgan fingerprint density at radius 1 is 1.39 bits per heavy atom. The molecule has 0 spiro atoms. The third-order valence-corrected chi connectivity index (χ3v) is 5.25. The van der Waals surface area contributed by atoms with E-state index < -0.39 is 0 Å². The lowest BCUT2D eigenvalue weighted by atomic mass is 10.2. The predicted molar refractivity (Wildman–Crippen MR) is 76.3 cm³/mol. The summed E-state index contributed by atoms with van der Waals surface area (Å²) in [6, 6.07) is 0.605. The van der Waals surface area contributed by atoms with Gasteiger partial charge in [-0.2, -0.15) is 0 Å². The minimum atomic E-state index is 0.605. The first kappa shape index (κ1) is 12.4. The molecule has 1 aromatic rings. The van der Waals surface area contributed by atoms with Crippen molar-refractivity contribution < 1.29 is 0 Å². The molecule has 2 heterocycles. The van der Waals surface area contributed by atoms with Crippen LogP contribution in [-0.4, -0.2) is 42.6 Å². The lowest BCUT2D eigenvalue weighted by molar-refractivity contribution is 0.234. The quantitative estimate of drug-likeness (QED) is 0.903. The molecule has 0 bridgehead atoms. The van der Waals surface area contributed by atoms with Gasteiger partial charge < -0.3 is 15.5 Å². The number of likely N-dealkylation sites (N-methyl/N-ethyl adjacent to an activating group) is 1. The van der Waals surface area contributed by atoms with Crippen LogP contribution in [0, 0.1) is 0 Å². The molecule has 4 nitrogen and oxygen atoms in total. The number of aromatic nitrogens is 1. The van der Waals surface area contributed by atoms with E-state index in [1.165, 1.54) is 28.5 Å². The van der Waals surface area contributed by atoms with Gasteiger partial charge in [0.05, 0.1) is 5.69 Å². The summed E-state index contributed by atoms with van der Waals surface area (Å²) in [5.41, 5.74) is 7.15. The fourth-order valence-corrected chi connectivity index (χ4v) is 3.59. The Morgan fingerprint density at radius 3 is 2.78 bits per heavy atom. The van der Waals surface area contributed by atoms with Crippen molar-refractivity contribution in [1.82, 2.24) is 9.88 Å². The van der Waals surface area contributed by atoms with E-state index in [1.54, 1.807) is 0 Å². The van der Waals surface area contributed by atoms with Crippen molar-refractivity contribution in [3.05, 3.63) is 10.6 Å². The fourth-order valence-electron chi connectivity index (χ4n) is 2.53. The van der Waals surface area contributed by atoms with Crippen molar-refractivity contribution in [3.63, 3.8) is 0 Å². The van der Waals surface area contributed by atoms with Crippen LogP contribution in [-0.2, 0) is 6.54 Å². The van der Waals surface area contributed by atoms with Gasteiger partial charge in [-0.25, -0.2) is 4.98 Å². The number of hydrogen-bond acceptors (Lipinski definition) is 5. The predicted octanol–water partition coefficient (Wildman–Crippen LogP) is 1.62. The topological polar surface area (TPSA) is 45.4 Å². The highest BCUT2D eigenvalue weighted by atomic mass is 32.1. The molecule has 0 amide bonds.